The van der Waals surface area contributed by atoms with Gasteiger partial charge in [-0.05, 0) is 12.5 Å². The van der Waals surface area contributed by atoms with Crippen molar-refractivity contribution >= 4 is 15.7 Å². The van der Waals surface area contributed by atoms with Crippen LogP contribution in [0.3, 0.4) is 0 Å². The van der Waals surface area contributed by atoms with Crippen LogP contribution in [0.5, 0.6) is 0 Å². The Labute approximate surface area is 127 Å². The van der Waals surface area contributed by atoms with Gasteiger partial charge in [-0.3, -0.25) is 4.79 Å². The largest absolute Gasteiger partial charge is 0.342 e. The monoisotopic (exact) mass is 312 g/mol. The highest BCUT2D eigenvalue weighted by Gasteiger charge is 2.28. The Hall–Kier alpha value is -1.40. The summed E-state index contributed by atoms with van der Waals surface area (Å²) in [6, 6.07) is 8.63. The summed E-state index contributed by atoms with van der Waals surface area (Å²) in [5, 5.41) is 0. The number of rotatable bonds is 6. The molecule has 5 nitrogen and oxygen atoms in total. The molecular weight excluding hydrogens is 288 g/mol. The molecule has 2 N–H and O–H groups in total. The molecule has 21 heavy (non-hydrogen) atoms. The van der Waals surface area contributed by atoms with Gasteiger partial charge in [-0.25, -0.2) is 8.42 Å². The average molecular weight is 312 g/mol. The minimum atomic E-state index is -3.13. The van der Waals surface area contributed by atoms with E-state index < -0.39 is 21.8 Å². The topological polar surface area (TPSA) is 80.5 Å². The molecule has 0 radical (unpaired) electrons. The smallest absolute Gasteiger partial charge is 0.227 e. The van der Waals surface area contributed by atoms with Crippen molar-refractivity contribution in [3.05, 3.63) is 35.9 Å². The van der Waals surface area contributed by atoms with Gasteiger partial charge in [0.1, 0.15) is 9.84 Å². The van der Waals surface area contributed by atoms with E-state index in [0.717, 1.165) is 5.56 Å². The Kier molecular flexibility index (Phi) is 5.92. The molecule has 6 heteroatoms. The van der Waals surface area contributed by atoms with Crippen LogP contribution in [0.15, 0.2) is 30.3 Å². The maximum Gasteiger partial charge on any atom is 0.227 e. The maximum atomic E-state index is 12.4. The second-order valence-electron chi connectivity index (χ2n) is 5.62. The first-order valence-electron chi connectivity index (χ1n) is 6.88. The standard InChI is InChI=1S/C15H24N2O3S/c1-11(10-21(4,19)20)17(3)15(18)12(2)14(16)13-8-6-5-7-9-13/h5-9,11-12,14H,10,16H2,1-4H3/t11-,12-,14-/m1/s1. The predicted molar refractivity (Wildman–Crippen MR) is 84.5 cm³/mol. The van der Waals surface area contributed by atoms with Crippen LogP contribution < -0.4 is 5.73 Å². The summed E-state index contributed by atoms with van der Waals surface area (Å²) in [4.78, 5) is 13.9. The molecule has 1 aromatic carbocycles. The van der Waals surface area contributed by atoms with Gasteiger partial charge in [-0.1, -0.05) is 37.3 Å². The van der Waals surface area contributed by atoms with E-state index in [1.807, 2.05) is 30.3 Å². The van der Waals surface area contributed by atoms with E-state index in [9.17, 15) is 13.2 Å². The molecule has 0 aliphatic carbocycles. The van der Waals surface area contributed by atoms with E-state index in [2.05, 4.69) is 0 Å². The first-order chi connectivity index (χ1) is 9.63. The van der Waals surface area contributed by atoms with Crippen molar-refractivity contribution < 1.29 is 13.2 Å². The van der Waals surface area contributed by atoms with Gasteiger partial charge < -0.3 is 10.6 Å². The summed E-state index contributed by atoms with van der Waals surface area (Å²) in [5.74, 6) is -0.621. The summed E-state index contributed by atoms with van der Waals surface area (Å²) >= 11 is 0. The third kappa shape index (κ3) is 5.13. The van der Waals surface area contributed by atoms with Gasteiger partial charge in [0.25, 0.3) is 0 Å². The van der Waals surface area contributed by atoms with Crippen LogP contribution in [0.25, 0.3) is 0 Å². The molecule has 3 atom stereocenters. The van der Waals surface area contributed by atoms with Gasteiger partial charge >= 0.3 is 0 Å². The molecule has 1 rings (SSSR count). The van der Waals surface area contributed by atoms with Crippen molar-refractivity contribution in [3.8, 4) is 0 Å². The molecule has 1 aromatic rings. The molecule has 0 fully saturated rings. The van der Waals surface area contributed by atoms with Gasteiger partial charge in [0.15, 0.2) is 0 Å². The third-order valence-electron chi connectivity index (χ3n) is 3.67. The van der Waals surface area contributed by atoms with Crippen molar-refractivity contribution in [1.82, 2.24) is 4.90 Å². The Morgan fingerprint density at radius 1 is 1.24 bits per heavy atom. The van der Waals surface area contributed by atoms with Crippen LogP contribution >= 0.6 is 0 Å². The fraction of sp³-hybridized carbons (Fsp3) is 0.533. The summed E-state index contributed by atoms with van der Waals surface area (Å²) in [5.41, 5.74) is 7.03. The molecule has 0 heterocycles. The van der Waals surface area contributed by atoms with Crippen LogP contribution in [0.1, 0.15) is 25.5 Å². The minimum Gasteiger partial charge on any atom is -0.342 e. The number of nitrogens with zero attached hydrogens (tertiary/aromatic N) is 1. The summed E-state index contributed by atoms with van der Waals surface area (Å²) in [6.45, 7) is 3.49. The van der Waals surface area contributed by atoms with Gasteiger partial charge in [-0.2, -0.15) is 0 Å². The molecule has 0 unspecified atom stereocenters. The van der Waals surface area contributed by atoms with Crippen LogP contribution in [0.2, 0.25) is 0 Å². The number of benzene rings is 1. The van der Waals surface area contributed by atoms with E-state index in [4.69, 9.17) is 5.73 Å². The zero-order valence-electron chi connectivity index (χ0n) is 13.0. The number of amides is 1. The highest BCUT2D eigenvalue weighted by Crippen LogP contribution is 2.21. The first-order valence-corrected chi connectivity index (χ1v) is 8.94. The first kappa shape index (κ1) is 17.7. The molecule has 0 aromatic heterocycles. The molecule has 1 amide bonds. The molecule has 0 aliphatic rings. The predicted octanol–water partition coefficient (Wildman–Crippen LogP) is 1.21. The van der Waals surface area contributed by atoms with E-state index >= 15 is 0 Å². The fourth-order valence-electron chi connectivity index (χ4n) is 2.21. The number of nitrogens with two attached hydrogens (primary N) is 1. The molecule has 0 saturated carbocycles. The lowest BCUT2D eigenvalue weighted by molar-refractivity contribution is -0.135. The van der Waals surface area contributed by atoms with Crippen molar-refractivity contribution in [3.63, 3.8) is 0 Å². The quantitative estimate of drug-likeness (QED) is 0.856. The molecule has 118 valence electrons. The van der Waals surface area contributed by atoms with Crippen LogP contribution in [0.4, 0.5) is 0 Å². The van der Waals surface area contributed by atoms with Crippen LogP contribution in [-0.2, 0) is 14.6 Å². The van der Waals surface area contributed by atoms with Crippen LogP contribution in [-0.4, -0.2) is 44.3 Å². The summed E-state index contributed by atoms with van der Waals surface area (Å²) in [7, 11) is -1.51. The number of sulfone groups is 1. The second kappa shape index (κ2) is 7.04. The number of carbonyl (C=O) groups excluding carboxylic acids is 1. The Morgan fingerprint density at radius 2 is 1.76 bits per heavy atom. The zero-order valence-corrected chi connectivity index (χ0v) is 13.8. The SMILES string of the molecule is C[C@H](CS(C)(=O)=O)N(C)C(=O)[C@H](C)[C@@H](N)c1ccccc1. The van der Waals surface area contributed by atoms with E-state index in [1.165, 1.54) is 11.2 Å². The number of hydrogen-bond donors (Lipinski definition) is 1. The van der Waals surface area contributed by atoms with Crippen molar-refractivity contribution in [2.45, 2.75) is 25.9 Å². The molecular formula is C15H24N2O3S. The van der Waals surface area contributed by atoms with Gasteiger partial charge in [-0.15, -0.1) is 0 Å². The Morgan fingerprint density at radius 3 is 2.24 bits per heavy atom. The van der Waals surface area contributed by atoms with E-state index in [-0.39, 0.29) is 17.7 Å². The average Bonchev–Trinajstić information content (AvgIpc) is 2.43. The van der Waals surface area contributed by atoms with E-state index in [0.29, 0.717) is 0 Å². The molecule has 0 spiro atoms. The summed E-state index contributed by atoms with van der Waals surface area (Å²) in [6.07, 6.45) is 1.17. The van der Waals surface area contributed by atoms with Crippen molar-refractivity contribution in [2.75, 3.05) is 19.1 Å². The Balaban J connectivity index is 2.78. The second-order valence-corrected chi connectivity index (χ2v) is 7.80. The third-order valence-corrected chi connectivity index (χ3v) is 4.75. The summed E-state index contributed by atoms with van der Waals surface area (Å²) < 4.78 is 22.7. The highest BCUT2D eigenvalue weighted by atomic mass is 32.2. The minimum absolute atomic E-state index is 0.0530. The normalized spacial score (nSPS) is 16.0. The molecule has 0 saturated heterocycles. The van der Waals surface area contributed by atoms with Gasteiger partial charge in [0, 0.05) is 25.4 Å². The Bertz CT molecular complexity index is 572. The van der Waals surface area contributed by atoms with Gasteiger partial charge in [0.05, 0.1) is 11.7 Å². The lowest BCUT2D eigenvalue weighted by Crippen LogP contribution is -2.44. The van der Waals surface area contributed by atoms with Crippen LogP contribution in [0, 0.1) is 5.92 Å². The van der Waals surface area contributed by atoms with Gasteiger partial charge in [0.2, 0.25) is 5.91 Å². The maximum absolute atomic E-state index is 12.4. The zero-order chi connectivity index (χ0) is 16.2. The fourth-order valence-corrected chi connectivity index (χ4v) is 3.31. The highest BCUT2D eigenvalue weighted by molar-refractivity contribution is 7.90. The number of hydrogen-bond acceptors (Lipinski definition) is 4. The lowest BCUT2D eigenvalue weighted by Gasteiger charge is -2.29. The van der Waals surface area contributed by atoms with Crippen molar-refractivity contribution in [2.24, 2.45) is 11.7 Å². The van der Waals surface area contributed by atoms with E-state index in [1.54, 1.807) is 20.9 Å². The molecule has 0 aliphatic heterocycles. The lowest BCUT2D eigenvalue weighted by atomic mass is 9.94. The number of carbonyl (C=O) groups is 1. The van der Waals surface area contributed by atoms with Crippen molar-refractivity contribution in [1.29, 1.82) is 0 Å². The molecule has 0 bridgehead atoms.